The molecular formula is C23H23F2N5O5S. The highest BCUT2D eigenvalue weighted by atomic mass is 32.1. The van der Waals surface area contributed by atoms with E-state index in [1.54, 1.807) is 18.3 Å². The molecule has 2 amide bonds. The average molecular weight is 520 g/mol. The number of hydrogen-bond acceptors (Lipinski definition) is 9. The van der Waals surface area contributed by atoms with Crippen LogP contribution in [0.15, 0.2) is 34.9 Å². The van der Waals surface area contributed by atoms with E-state index >= 15 is 0 Å². The van der Waals surface area contributed by atoms with Gasteiger partial charge in [0.05, 0.1) is 48.2 Å². The summed E-state index contributed by atoms with van der Waals surface area (Å²) in [4.78, 5) is 24.5. The Labute approximate surface area is 208 Å². The Morgan fingerprint density at radius 1 is 1.31 bits per heavy atom. The van der Waals surface area contributed by atoms with E-state index in [4.69, 9.17) is 9.15 Å². The van der Waals surface area contributed by atoms with Crippen molar-refractivity contribution in [3.8, 4) is 17.1 Å². The van der Waals surface area contributed by atoms with Crippen LogP contribution in [-0.2, 0) is 11.2 Å². The molecule has 2 bridgehead atoms. The third-order valence-corrected chi connectivity index (χ3v) is 7.62. The lowest BCUT2D eigenvalue weighted by Crippen LogP contribution is -2.51. The summed E-state index contributed by atoms with van der Waals surface area (Å²) in [7, 11) is 0. The van der Waals surface area contributed by atoms with Crippen molar-refractivity contribution in [3.05, 3.63) is 41.0 Å². The van der Waals surface area contributed by atoms with Gasteiger partial charge >= 0.3 is 12.6 Å². The highest BCUT2D eigenvalue weighted by Gasteiger charge is 2.43. The molecule has 2 aromatic heterocycles. The van der Waals surface area contributed by atoms with Crippen LogP contribution >= 0.6 is 11.3 Å². The molecule has 3 aromatic rings. The minimum Gasteiger partial charge on any atom is -0.435 e. The summed E-state index contributed by atoms with van der Waals surface area (Å²) in [6, 6.07) is 6.05. The number of aliphatic hydroxyl groups is 1. The molecule has 1 saturated carbocycles. The molecule has 10 nitrogen and oxygen atoms in total. The molecule has 3 N–H and O–H groups in total. The zero-order chi connectivity index (χ0) is 24.8. The molecule has 2 aliphatic heterocycles. The van der Waals surface area contributed by atoms with Crippen LogP contribution in [0.5, 0.6) is 5.75 Å². The zero-order valence-corrected chi connectivity index (χ0v) is 19.7. The maximum Gasteiger partial charge on any atom is 0.387 e. The van der Waals surface area contributed by atoms with Gasteiger partial charge in [-0.1, -0.05) is 23.5 Å². The second-order valence-electron chi connectivity index (χ2n) is 8.98. The van der Waals surface area contributed by atoms with Crippen molar-refractivity contribution < 1.29 is 32.6 Å². The number of anilines is 2. The molecule has 1 saturated heterocycles. The van der Waals surface area contributed by atoms with Gasteiger partial charge in [-0.05, 0) is 25.0 Å². The van der Waals surface area contributed by atoms with Gasteiger partial charge in [0.2, 0.25) is 0 Å². The lowest BCUT2D eigenvalue weighted by atomic mass is 9.90. The number of fused-ring (bicyclic) bond motifs is 4. The molecule has 36 heavy (non-hydrogen) atoms. The summed E-state index contributed by atoms with van der Waals surface area (Å²) in [5, 5.41) is 15.5. The third kappa shape index (κ3) is 4.49. The quantitative estimate of drug-likeness (QED) is 0.452. The third-order valence-electron chi connectivity index (χ3n) is 6.50. The van der Waals surface area contributed by atoms with Crippen molar-refractivity contribution in [2.45, 2.75) is 50.1 Å². The summed E-state index contributed by atoms with van der Waals surface area (Å²) in [6.45, 7) is -2.04. The van der Waals surface area contributed by atoms with E-state index in [2.05, 4.69) is 30.2 Å². The van der Waals surface area contributed by atoms with E-state index < -0.39 is 6.61 Å². The Bertz CT molecular complexity index is 1260. The number of thiazole rings is 1. The number of amides is 2. The van der Waals surface area contributed by atoms with Crippen LogP contribution in [0.1, 0.15) is 29.5 Å². The lowest BCUT2D eigenvalue weighted by Gasteiger charge is -2.43. The molecule has 0 radical (unpaired) electrons. The van der Waals surface area contributed by atoms with Gasteiger partial charge in [0.1, 0.15) is 5.75 Å². The smallest absolute Gasteiger partial charge is 0.387 e. The van der Waals surface area contributed by atoms with Crippen molar-refractivity contribution in [2.75, 3.05) is 23.4 Å². The standard InChI is InChI=1S/C23H23F2N5O5S/c24-20(25)34-15-3-1-2-11(4-15)18-8-26-23(35-18)30-13-7-16-19(17(30)10-33-9-13)36-22(28-16)29-21(32)27-12-5-14(31)6-12/h1-4,8,12-14,17,20,31H,5-7,9-10H2,(H2,27,28,29,32)/t12?,13-,14?,17-/m0/s1. The number of aromatic nitrogens is 2. The van der Waals surface area contributed by atoms with Crippen LogP contribution in [-0.4, -0.2) is 59.1 Å². The summed E-state index contributed by atoms with van der Waals surface area (Å²) < 4.78 is 41.6. The first-order chi connectivity index (χ1) is 17.4. The average Bonchev–Trinajstić information content (AvgIpc) is 3.45. The van der Waals surface area contributed by atoms with E-state index in [0.717, 1.165) is 10.6 Å². The minimum absolute atomic E-state index is 0.0282. The molecule has 0 spiro atoms. The number of benzene rings is 1. The predicted molar refractivity (Wildman–Crippen MR) is 125 cm³/mol. The van der Waals surface area contributed by atoms with Gasteiger partial charge in [-0.2, -0.15) is 8.78 Å². The van der Waals surface area contributed by atoms with Crippen molar-refractivity contribution in [1.29, 1.82) is 0 Å². The summed E-state index contributed by atoms with van der Waals surface area (Å²) in [5.41, 5.74) is 1.48. The number of carbonyl (C=O) groups is 1. The van der Waals surface area contributed by atoms with Gasteiger partial charge in [0.15, 0.2) is 10.9 Å². The first-order valence-corrected chi connectivity index (χ1v) is 12.4. The number of aliphatic hydroxyl groups excluding tert-OH is 1. The van der Waals surface area contributed by atoms with Crippen LogP contribution < -0.4 is 20.3 Å². The van der Waals surface area contributed by atoms with Crippen LogP contribution in [0.2, 0.25) is 0 Å². The molecule has 2 atom stereocenters. The number of hydrogen-bond donors (Lipinski definition) is 3. The Morgan fingerprint density at radius 3 is 2.97 bits per heavy atom. The van der Waals surface area contributed by atoms with E-state index in [1.807, 2.05) is 0 Å². The van der Waals surface area contributed by atoms with E-state index in [9.17, 15) is 18.7 Å². The number of nitrogens with zero attached hydrogens (tertiary/aromatic N) is 3. The van der Waals surface area contributed by atoms with E-state index in [-0.39, 0.29) is 36.0 Å². The van der Waals surface area contributed by atoms with E-state index in [1.165, 1.54) is 23.5 Å². The first-order valence-electron chi connectivity index (χ1n) is 11.6. The number of morpholine rings is 1. The molecule has 190 valence electrons. The number of urea groups is 1. The van der Waals surface area contributed by atoms with Gasteiger partial charge < -0.3 is 29.2 Å². The van der Waals surface area contributed by atoms with Crippen molar-refractivity contribution >= 4 is 28.5 Å². The Hall–Kier alpha value is -3.29. The number of nitrogens with one attached hydrogen (secondary N) is 2. The Kier molecular flexibility index (Phi) is 5.97. The predicted octanol–water partition coefficient (Wildman–Crippen LogP) is 3.55. The molecule has 2 fully saturated rings. The molecular weight excluding hydrogens is 496 g/mol. The van der Waals surface area contributed by atoms with Crippen molar-refractivity contribution in [3.63, 3.8) is 0 Å². The SMILES string of the molecule is O=C(Nc1nc2c(s1)[C@@H]1COC[C@H](C2)N1c1ncc(-c2cccc(OC(F)F)c2)o1)NC1CC(O)C1. The van der Waals surface area contributed by atoms with Crippen LogP contribution in [0.4, 0.5) is 24.7 Å². The maximum absolute atomic E-state index is 12.6. The number of alkyl halides is 2. The summed E-state index contributed by atoms with van der Waals surface area (Å²) in [6.07, 6.45) is 2.91. The number of oxazole rings is 1. The maximum atomic E-state index is 12.6. The number of rotatable bonds is 6. The van der Waals surface area contributed by atoms with Crippen molar-refractivity contribution in [2.24, 2.45) is 0 Å². The van der Waals surface area contributed by atoms with Crippen molar-refractivity contribution in [1.82, 2.24) is 15.3 Å². The van der Waals surface area contributed by atoms with Crippen LogP contribution in [0.25, 0.3) is 11.3 Å². The molecule has 0 unspecified atom stereocenters. The number of ether oxygens (including phenoxy) is 2. The fraction of sp³-hybridized carbons (Fsp3) is 0.435. The zero-order valence-electron chi connectivity index (χ0n) is 18.9. The summed E-state index contributed by atoms with van der Waals surface area (Å²) >= 11 is 1.38. The largest absolute Gasteiger partial charge is 0.435 e. The molecule has 4 heterocycles. The minimum atomic E-state index is -2.91. The summed E-state index contributed by atoms with van der Waals surface area (Å²) in [5.74, 6) is 0.467. The Morgan fingerprint density at radius 2 is 2.17 bits per heavy atom. The highest BCUT2D eigenvalue weighted by Crippen LogP contribution is 2.44. The molecule has 13 heteroatoms. The topological polar surface area (TPSA) is 122 Å². The van der Waals surface area contributed by atoms with Gasteiger partial charge in [-0.3, -0.25) is 5.32 Å². The molecule has 1 aromatic carbocycles. The fourth-order valence-corrected chi connectivity index (χ4v) is 5.87. The van der Waals surface area contributed by atoms with Crippen LogP contribution in [0.3, 0.4) is 0 Å². The number of halogens is 2. The normalized spacial score (nSPS) is 24.7. The monoisotopic (exact) mass is 519 g/mol. The van der Waals surface area contributed by atoms with Gasteiger partial charge in [-0.15, -0.1) is 0 Å². The second kappa shape index (κ2) is 9.30. The molecule has 6 rings (SSSR count). The molecule has 1 aliphatic carbocycles. The van der Waals surface area contributed by atoms with Gasteiger partial charge in [0.25, 0.3) is 6.01 Å². The van der Waals surface area contributed by atoms with Gasteiger partial charge in [0, 0.05) is 18.0 Å². The highest BCUT2D eigenvalue weighted by molar-refractivity contribution is 7.16. The van der Waals surface area contributed by atoms with E-state index in [0.29, 0.717) is 54.9 Å². The van der Waals surface area contributed by atoms with Gasteiger partial charge in [-0.25, -0.2) is 14.8 Å². The molecule has 3 aliphatic rings. The fourth-order valence-electron chi connectivity index (χ4n) is 4.79. The Balaban J connectivity index is 1.20. The second-order valence-corrected chi connectivity index (χ2v) is 10.0. The lowest BCUT2D eigenvalue weighted by molar-refractivity contribution is -0.0498. The number of carbonyl (C=O) groups excluding carboxylic acids is 1. The van der Waals surface area contributed by atoms with Crippen LogP contribution in [0, 0.1) is 0 Å². The first kappa shape index (κ1) is 23.1.